The van der Waals surface area contributed by atoms with Crippen molar-refractivity contribution in [3.63, 3.8) is 0 Å². The smallest absolute Gasteiger partial charge is 0.254 e. The zero-order valence-electron chi connectivity index (χ0n) is 18.2. The lowest BCUT2D eigenvalue weighted by Gasteiger charge is -2.37. The minimum Gasteiger partial charge on any atom is -0.369 e. The number of anilines is 1. The summed E-state index contributed by atoms with van der Waals surface area (Å²) in [5.41, 5.74) is 1.83. The van der Waals surface area contributed by atoms with Gasteiger partial charge >= 0.3 is 0 Å². The molecule has 0 radical (unpaired) electrons. The molecule has 0 aliphatic carbocycles. The van der Waals surface area contributed by atoms with Crippen LogP contribution in [-0.2, 0) is 4.79 Å². The highest BCUT2D eigenvalue weighted by Gasteiger charge is 2.33. The maximum atomic E-state index is 13.1. The molecule has 28 heavy (non-hydrogen) atoms. The van der Waals surface area contributed by atoms with Gasteiger partial charge in [-0.3, -0.25) is 9.59 Å². The van der Waals surface area contributed by atoms with E-state index in [-0.39, 0.29) is 23.8 Å². The van der Waals surface area contributed by atoms with Crippen LogP contribution in [0.5, 0.6) is 0 Å². The maximum Gasteiger partial charge on any atom is 0.254 e. The molecule has 2 atom stereocenters. The predicted molar refractivity (Wildman–Crippen MR) is 116 cm³/mol. The van der Waals surface area contributed by atoms with Crippen molar-refractivity contribution in [3.05, 3.63) is 29.8 Å². The fraction of sp³-hybridized carbons (Fsp3) is 0.652. The van der Waals surface area contributed by atoms with Crippen LogP contribution < -0.4 is 10.2 Å². The van der Waals surface area contributed by atoms with Gasteiger partial charge in [-0.1, -0.05) is 13.3 Å². The van der Waals surface area contributed by atoms with E-state index in [2.05, 4.69) is 44.8 Å². The second kappa shape index (κ2) is 10.5. The summed E-state index contributed by atoms with van der Waals surface area (Å²) in [7, 11) is 0. The minimum absolute atomic E-state index is 0.0257. The van der Waals surface area contributed by atoms with Crippen LogP contribution in [-0.4, -0.2) is 48.4 Å². The second-order valence-corrected chi connectivity index (χ2v) is 8.15. The normalized spacial score (nSPS) is 19.6. The number of benzene rings is 1. The molecule has 1 heterocycles. The van der Waals surface area contributed by atoms with Gasteiger partial charge in [-0.2, -0.15) is 0 Å². The van der Waals surface area contributed by atoms with Crippen molar-refractivity contribution < 1.29 is 9.59 Å². The molecular formula is C23H37N3O2. The van der Waals surface area contributed by atoms with Crippen molar-refractivity contribution in [2.45, 2.75) is 72.4 Å². The molecule has 1 fully saturated rings. The van der Waals surface area contributed by atoms with E-state index in [1.54, 1.807) is 0 Å². The quantitative estimate of drug-likeness (QED) is 0.684. The van der Waals surface area contributed by atoms with Gasteiger partial charge in [-0.25, -0.2) is 0 Å². The highest BCUT2D eigenvalue weighted by molar-refractivity contribution is 5.95. The molecule has 156 valence electrons. The van der Waals surface area contributed by atoms with Crippen molar-refractivity contribution in [1.29, 1.82) is 0 Å². The Hall–Kier alpha value is -2.04. The second-order valence-electron chi connectivity index (χ2n) is 8.15. The number of hydrogen-bond donors (Lipinski definition) is 1. The number of carbonyl (C=O) groups is 2. The van der Waals surface area contributed by atoms with Gasteiger partial charge in [0.25, 0.3) is 5.91 Å². The van der Waals surface area contributed by atoms with E-state index in [1.165, 1.54) is 0 Å². The van der Waals surface area contributed by atoms with Gasteiger partial charge in [0, 0.05) is 43.0 Å². The zero-order chi connectivity index (χ0) is 20.7. The Labute approximate surface area is 170 Å². The molecule has 0 bridgehead atoms. The standard InChI is InChI=1S/C23H37N3O2/c1-6-8-15-24-22(27)20-10-9-18(5)26(16-20)23(28)19-11-13-21(14-12-19)25(7-2)17(3)4/h11-14,17-18,20H,6-10,15-16H2,1-5H3,(H,24,27). The van der Waals surface area contributed by atoms with Gasteiger partial charge in [-0.15, -0.1) is 0 Å². The van der Waals surface area contributed by atoms with E-state index in [9.17, 15) is 9.59 Å². The monoisotopic (exact) mass is 387 g/mol. The molecule has 1 aromatic rings. The van der Waals surface area contributed by atoms with E-state index < -0.39 is 0 Å². The van der Waals surface area contributed by atoms with Crippen LogP contribution in [0.15, 0.2) is 24.3 Å². The molecule has 5 nitrogen and oxygen atoms in total. The van der Waals surface area contributed by atoms with Gasteiger partial charge in [0.15, 0.2) is 0 Å². The van der Waals surface area contributed by atoms with Crippen LogP contribution in [0.1, 0.15) is 70.7 Å². The average molecular weight is 388 g/mol. The Bertz CT molecular complexity index is 642. The van der Waals surface area contributed by atoms with Crippen molar-refractivity contribution in [3.8, 4) is 0 Å². The molecule has 2 unspecified atom stereocenters. The van der Waals surface area contributed by atoms with E-state index in [1.807, 2.05) is 29.2 Å². The van der Waals surface area contributed by atoms with Gasteiger partial charge in [0.05, 0.1) is 5.92 Å². The highest BCUT2D eigenvalue weighted by atomic mass is 16.2. The number of unbranched alkanes of at least 4 members (excludes halogenated alkanes) is 1. The Morgan fingerprint density at radius 1 is 1.18 bits per heavy atom. The molecule has 2 amide bonds. The third kappa shape index (κ3) is 5.49. The molecule has 1 N–H and O–H groups in total. The van der Waals surface area contributed by atoms with Gasteiger partial charge in [-0.05, 0) is 71.2 Å². The van der Waals surface area contributed by atoms with Crippen LogP contribution in [0.25, 0.3) is 0 Å². The summed E-state index contributed by atoms with van der Waals surface area (Å²) in [5.74, 6) is 0.00882. The number of carbonyl (C=O) groups excluding carboxylic acids is 2. The van der Waals surface area contributed by atoms with Crippen molar-refractivity contribution >= 4 is 17.5 Å². The first-order valence-electron chi connectivity index (χ1n) is 10.8. The molecule has 0 aromatic heterocycles. The van der Waals surface area contributed by atoms with E-state index >= 15 is 0 Å². The molecule has 1 saturated heterocycles. The number of hydrogen-bond acceptors (Lipinski definition) is 3. The lowest BCUT2D eigenvalue weighted by molar-refractivity contribution is -0.126. The van der Waals surface area contributed by atoms with E-state index in [0.717, 1.165) is 44.5 Å². The van der Waals surface area contributed by atoms with Crippen molar-refractivity contribution in [1.82, 2.24) is 10.2 Å². The lowest BCUT2D eigenvalue weighted by atomic mass is 9.92. The minimum atomic E-state index is -0.104. The molecule has 1 aromatic carbocycles. The molecule has 0 saturated carbocycles. The first-order chi connectivity index (χ1) is 13.4. The third-order valence-corrected chi connectivity index (χ3v) is 5.75. The summed E-state index contributed by atoms with van der Waals surface area (Å²) in [6.45, 7) is 12.8. The summed E-state index contributed by atoms with van der Waals surface area (Å²) in [6, 6.07) is 8.47. The molecule has 2 rings (SSSR count). The summed E-state index contributed by atoms with van der Waals surface area (Å²) < 4.78 is 0. The summed E-state index contributed by atoms with van der Waals surface area (Å²) in [5, 5.41) is 3.02. The Balaban J connectivity index is 2.06. The molecule has 0 spiro atoms. The maximum absolute atomic E-state index is 13.1. The Kier molecular flexibility index (Phi) is 8.34. The fourth-order valence-corrected chi connectivity index (χ4v) is 3.94. The number of amides is 2. The highest BCUT2D eigenvalue weighted by Crippen LogP contribution is 2.25. The largest absolute Gasteiger partial charge is 0.369 e. The van der Waals surface area contributed by atoms with Crippen molar-refractivity contribution in [2.75, 3.05) is 24.5 Å². The fourth-order valence-electron chi connectivity index (χ4n) is 3.94. The van der Waals surface area contributed by atoms with Crippen LogP contribution in [0.4, 0.5) is 5.69 Å². The van der Waals surface area contributed by atoms with Crippen LogP contribution in [0, 0.1) is 5.92 Å². The summed E-state index contributed by atoms with van der Waals surface area (Å²) in [4.78, 5) is 29.7. The predicted octanol–water partition coefficient (Wildman–Crippen LogP) is 4.08. The van der Waals surface area contributed by atoms with Crippen molar-refractivity contribution in [2.24, 2.45) is 5.92 Å². The molecule has 1 aliphatic rings. The van der Waals surface area contributed by atoms with E-state index in [4.69, 9.17) is 0 Å². The number of nitrogens with zero attached hydrogens (tertiary/aromatic N) is 2. The number of rotatable bonds is 8. The first kappa shape index (κ1) is 22.3. The molecule has 5 heteroatoms. The Morgan fingerprint density at radius 3 is 2.43 bits per heavy atom. The average Bonchev–Trinajstić information content (AvgIpc) is 2.68. The van der Waals surface area contributed by atoms with Gasteiger partial charge in [0.1, 0.15) is 0 Å². The SMILES string of the molecule is CCCCNC(=O)C1CCC(C)N(C(=O)c2ccc(N(CC)C(C)C)cc2)C1. The van der Waals surface area contributed by atoms with Crippen LogP contribution in [0.2, 0.25) is 0 Å². The van der Waals surface area contributed by atoms with E-state index in [0.29, 0.717) is 18.2 Å². The molecule has 1 aliphatic heterocycles. The topological polar surface area (TPSA) is 52.7 Å². The first-order valence-corrected chi connectivity index (χ1v) is 10.8. The van der Waals surface area contributed by atoms with Gasteiger partial charge in [0.2, 0.25) is 5.91 Å². The number of piperidine rings is 1. The van der Waals surface area contributed by atoms with Gasteiger partial charge < -0.3 is 15.1 Å². The summed E-state index contributed by atoms with van der Waals surface area (Å²) in [6.07, 6.45) is 3.78. The number of nitrogens with one attached hydrogen (secondary N) is 1. The van der Waals surface area contributed by atoms with Crippen LogP contribution >= 0.6 is 0 Å². The summed E-state index contributed by atoms with van der Waals surface area (Å²) >= 11 is 0. The van der Waals surface area contributed by atoms with Crippen LogP contribution in [0.3, 0.4) is 0 Å². The number of likely N-dealkylation sites (tertiary alicyclic amines) is 1. The molecular weight excluding hydrogens is 350 g/mol. The Morgan fingerprint density at radius 2 is 1.86 bits per heavy atom. The lowest BCUT2D eigenvalue weighted by Crippen LogP contribution is -2.49. The zero-order valence-corrected chi connectivity index (χ0v) is 18.2. The third-order valence-electron chi connectivity index (χ3n) is 5.75.